The average molecular weight is 449 g/mol. The Morgan fingerprint density at radius 3 is 1.83 bits per heavy atom. The Bertz CT molecular complexity index is 429. The summed E-state index contributed by atoms with van der Waals surface area (Å²) in [5, 5.41) is 0. The summed E-state index contributed by atoms with van der Waals surface area (Å²) in [5.41, 5.74) is 0. The van der Waals surface area contributed by atoms with Crippen LogP contribution in [0.2, 0.25) is 0 Å². The van der Waals surface area contributed by atoms with Crippen molar-refractivity contribution in [1.29, 1.82) is 0 Å². The second-order valence-electron chi connectivity index (χ2n) is 8.62. The molecule has 2 fully saturated rings. The van der Waals surface area contributed by atoms with E-state index in [1.807, 2.05) is 0 Å². The third kappa shape index (κ3) is 3.83. The molecule has 23 heavy (non-hydrogen) atoms. The van der Waals surface area contributed by atoms with Crippen LogP contribution in [-0.4, -0.2) is 50.6 Å². The molecule has 0 saturated heterocycles. The zero-order valence-corrected chi connectivity index (χ0v) is 18.3. The summed E-state index contributed by atoms with van der Waals surface area (Å²) in [4.78, 5) is 4.13. The summed E-state index contributed by atoms with van der Waals surface area (Å²) in [5.74, 6) is 3.14. The third-order valence-corrected chi connectivity index (χ3v) is 8.02. The van der Waals surface area contributed by atoms with Gasteiger partial charge in [0.2, 0.25) is 6.34 Å². The van der Waals surface area contributed by atoms with Crippen molar-refractivity contribution >= 4 is 38.2 Å². The van der Waals surface area contributed by atoms with Crippen molar-refractivity contribution in [1.82, 2.24) is 4.90 Å². The van der Waals surface area contributed by atoms with Gasteiger partial charge < -0.3 is 0 Å². The summed E-state index contributed by atoms with van der Waals surface area (Å²) in [6.45, 7) is 12.2. The fraction of sp³-hybridized carbons (Fsp3) is 0.947. The van der Waals surface area contributed by atoms with Gasteiger partial charge in [0.05, 0.1) is 0 Å². The first kappa shape index (κ1) is 18.2. The van der Waals surface area contributed by atoms with Crippen molar-refractivity contribution in [3.63, 3.8) is 0 Å². The Morgan fingerprint density at radius 2 is 1.30 bits per heavy atom. The van der Waals surface area contributed by atoms with Gasteiger partial charge in [0.25, 0.3) is 0 Å². The normalized spacial score (nSPS) is 48.4. The number of halogens is 2. The van der Waals surface area contributed by atoms with Gasteiger partial charge in [0.1, 0.15) is 25.2 Å². The maximum absolute atomic E-state index is 3.86. The second kappa shape index (κ2) is 7.35. The summed E-state index contributed by atoms with van der Waals surface area (Å²) in [6, 6.07) is 1.46. The number of nitrogens with zero attached hydrogens (tertiary/aromatic N) is 2. The highest BCUT2D eigenvalue weighted by atomic mass is 79.9. The summed E-state index contributed by atoms with van der Waals surface area (Å²) < 4.78 is 2.69. The van der Waals surface area contributed by atoms with Gasteiger partial charge in [-0.1, -0.05) is 59.6 Å². The molecule has 2 nitrogen and oxygen atoms in total. The quantitative estimate of drug-likeness (QED) is 0.436. The highest BCUT2D eigenvalue weighted by Gasteiger charge is 2.43. The fourth-order valence-electron chi connectivity index (χ4n) is 5.78. The molecule has 0 N–H and O–H groups in total. The van der Waals surface area contributed by atoms with E-state index in [9.17, 15) is 0 Å². The van der Waals surface area contributed by atoms with E-state index in [0.717, 1.165) is 45.4 Å². The number of rotatable bonds is 2. The van der Waals surface area contributed by atoms with E-state index in [1.54, 1.807) is 0 Å². The largest absolute Gasteiger partial charge is 0.261 e. The van der Waals surface area contributed by atoms with Crippen LogP contribution < -0.4 is 0 Å². The van der Waals surface area contributed by atoms with Crippen LogP contribution in [0.4, 0.5) is 0 Å². The molecule has 3 rings (SSSR count). The van der Waals surface area contributed by atoms with Gasteiger partial charge >= 0.3 is 0 Å². The van der Waals surface area contributed by atoms with Gasteiger partial charge in [-0.15, -0.1) is 0 Å². The van der Waals surface area contributed by atoms with Crippen molar-refractivity contribution in [3.8, 4) is 0 Å². The zero-order valence-electron chi connectivity index (χ0n) is 15.1. The van der Waals surface area contributed by atoms with Gasteiger partial charge in [0, 0.05) is 9.65 Å². The van der Waals surface area contributed by atoms with E-state index in [0.29, 0.717) is 0 Å². The van der Waals surface area contributed by atoms with Crippen molar-refractivity contribution in [2.75, 3.05) is 13.1 Å². The highest BCUT2D eigenvalue weighted by Crippen LogP contribution is 2.38. The Labute approximate surface area is 159 Å². The molecule has 0 spiro atoms. The third-order valence-electron chi connectivity index (χ3n) is 6.52. The summed E-state index contributed by atoms with van der Waals surface area (Å²) in [7, 11) is 0. The van der Waals surface area contributed by atoms with E-state index >= 15 is 0 Å². The standard InChI is InChI=1S/C19H33Br2N2/c1-12-7-16(20)8-13(2)18(12)22-5-6-23(11-22)19-14(3)9-17(21)10-15(19)4/h11-19H,5-10H2,1-4H3/q+1. The van der Waals surface area contributed by atoms with Crippen LogP contribution in [0.5, 0.6) is 0 Å². The predicted octanol–water partition coefficient (Wildman–Crippen LogP) is 4.74. The molecule has 132 valence electrons. The van der Waals surface area contributed by atoms with Gasteiger partial charge in [0.15, 0.2) is 0 Å². The molecule has 2 saturated carbocycles. The van der Waals surface area contributed by atoms with Crippen molar-refractivity contribution < 1.29 is 4.58 Å². The lowest BCUT2D eigenvalue weighted by Crippen LogP contribution is -2.47. The van der Waals surface area contributed by atoms with Gasteiger partial charge in [-0.2, -0.15) is 0 Å². The Balaban J connectivity index is 1.73. The molecule has 0 aromatic heterocycles. The fourth-order valence-corrected chi connectivity index (χ4v) is 8.14. The van der Waals surface area contributed by atoms with Crippen LogP contribution in [0.1, 0.15) is 53.4 Å². The molecule has 0 amide bonds. The van der Waals surface area contributed by atoms with Crippen LogP contribution in [0.15, 0.2) is 0 Å². The molecule has 0 radical (unpaired) electrons. The summed E-state index contributed by atoms with van der Waals surface area (Å²) >= 11 is 7.71. The molecule has 3 aliphatic rings. The summed E-state index contributed by atoms with van der Waals surface area (Å²) in [6.07, 6.45) is 7.79. The first-order chi connectivity index (χ1) is 10.9. The van der Waals surface area contributed by atoms with E-state index in [-0.39, 0.29) is 0 Å². The molecular formula is C19H33Br2N2+. The van der Waals surface area contributed by atoms with E-state index in [2.05, 4.69) is 75.4 Å². The van der Waals surface area contributed by atoms with Crippen LogP contribution in [0.25, 0.3) is 0 Å². The Hall–Kier alpha value is 0.430. The molecule has 4 unspecified atom stereocenters. The minimum atomic E-state index is 0.719. The smallest absolute Gasteiger partial charge is 0.234 e. The van der Waals surface area contributed by atoms with E-state index in [4.69, 9.17) is 0 Å². The SMILES string of the molecule is CC1CC(Br)CC(C)C1N1C=[N+](C2C(C)CC(Br)CC2C)CC1. The van der Waals surface area contributed by atoms with Gasteiger partial charge in [-0.3, -0.25) is 9.48 Å². The maximum atomic E-state index is 3.86. The van der Waals surface area contributed by atoms with Crippen LogP contribution in [-0.2, 0) is 0 Å². The zero-order chi connectivity index (χ0) is 16.7. The van der Waals surface area contributed by atoms with E-state index < -0.39 is 0 Å². The van der Waals surface area contributed by atoms with Crippen molar-refractivity contribution in [2.24, 2.45) is 23.7 Å². The molecule has 1 heterocycles. The number of hydrogen-bond donors (Lipinski definition) is 0. The van der Waals surface area contributed by atoms with E-state index in [1.165, 1.54) is 38.8 Å². The second-order valence-corrected chi connectivity index (χ2v) is 11.2. The first-order valence-corrected chi connectivity index (χ1v) is 11.3. The molecule has 0 aromatic carbocycles. The predicted molar refractivity (Wildman–Crippen MR) is 106 cm³/mol. The van der Waals surface area contributed by atoms with Crippen LogP contribution in [0, 0.1) is 23.7 Å². The molecule has 4 atom stereocenters. The Morgan fingerprint density at radius 1 is 0.826 bits per heavy atom. The van der Waals surface area contributed by atoms with Crippen molar-refractivity contribution in [3.05, 3.63) is 0 Å². The topological polar surface area (TPSA) is 6.25 Å². The molecule has 0 bridgehead atoms. The van der Waals surface area contributed by atoms with Crippen LogP contribution in [0.3, 0.4) is 0 Å². The maximum Gasteiger partial charge on any atom is 0.234 e. The number of alkyl halides is 2. The minimum Gasteiger partial charge on any atom is -0.261 e. The lowest BCUT2D eigenvalue weighted by Gasteiger charge is -2.38. The van der Waals surface area contributed by atoms with Gasteiger partial charge in [-0.25, -0.2) is 0 Å². The molecule has 4 heteroatoms. The lowest BCUT2D eigenvalue weighted by molar-refractivity contribution is -0.572. The highest BCUT2D eigenvalue weighted by molar-refractivity contribution is 9.09. The Kier molecular flexibility index (Phi) is 5.83. The molecule has 0 aromatic rings. The monoisotopic (exact) mass is 447 g/mol. The van der Waals surface area contributed by atoms with Crippen molar-refractivity contribution in [2.45, 2.75) is 75.1 Å². The molecule has 2 aliphatic carbocycles. The van der Waals surface area contributed by atoms with Gasteiger partial charge in [-0.05, 0) is 49.4 Å². The number of hydrogen-bond acceptors (Lipinski definition) is 1. The average Bonchev–Trinajstić information content (AvgIpc) is 2.85. The van der Waals surface area contributed by atoms with Crippen LogP contribution >= 0.6 is 31.9 Å². The lowest BCUT2D eigenvalue weighted by atomic mass is 9.78. The molecule has 1 aliphatic heterocycles. The first-order valence-electron chi connectivity index (χ1n) is 9.51. The molecular weight excluding hydrogens is 416 g/mol. The minimum absolute atomic E-state index is 0.719.